The van der Waals surface area contributed by atoms with Gasteiger partial charge in [-0.05, 0) is 16.8 Å². The Balaban J connectivity index is 2.51. The topological polar surface area (TPSA) is 43.1 Å². The van der Waals surface area contributed by atoms with Crippen LogP contribution in [0.5, 0.6) is 0 Å². The maximum Gasteiger partial charge on any atom is 0.252 e. The van der Waals surface area contributed by atoms with Gasteiger partial charge in [0.15, 0.2) is 0 Å². The summed E-state index contributed by atoms with van der Waals surface area (Å²) in [6.07, 6.45) is 0. The Labute approximate surface area is 99.6 Å². The van der Waals surface area contributed by atoms with Gasteiger partial charge in [-0.3, -0.25) is 4.79 Å². The summed E-state index contributed by atoms with van der Waals surface area (Å²) in [6, 6.07) is 13.3. The number of nitrogens with zero attached hydrogens (tertiary/aromatic N) is 1. The molecule has 0 spiro atoms. The molecule has 0 radical (unpaired) electrons. The van der Waals surface area contributed by atoms with Crippen molar-refractivity contribution in [3.05, 3.63) is 53.2 Å². The standard InChI is InChI=1S/C14H13NO2/c1-10(15(2)17)14(16)13-8-7-11-5-3-4-6-12(11)9-13/h3-9H,1-2H3/b15-10+. The van der Waals surface area contributed by atoms with Gasteiger partial charge in [0.2, 0.25) is 5.71 Å². The van der Waals surface area contributed by atoms with Crippen LogP contribution in [0, 0.1) is 5.21 Å². The van der Waals surface area contributed by atoms with E-state index in [4.69, 9.17) is 0 Å². The number of benzene rings is 2. The quantitative estimate of drug-likeness (QED) is 0.260. The van der Waals surface area contributed by atoms with Gasteiger partial charge in [0.05, 0.1) is 0 Å². The minimum absolute atomic E-state index is 0.195. The lowest BCUT2D eigenvalue weighted by atomic mass is 10.0. The molecule has 0 N–H and O–H groups in total. The highest BCUT2D eigenvalue weighted by Gasteiger charge is 2.15. The normalized spacial score (nSPS) is 12.4. The number of fused-ring (bicyclic) bond motifs is 1. The van der Waals surface area contributed by atoms with Gasteiger partial charge in [-0.25, -0.2) is 4.74 Å². The van der Waals surface area contributed by atoms with Crippen LogP contribution in [-0.2, 0) is 0 Å². The molecule has 0 saturated carbocycles. The first-order valence-electron chi connectivity index (χ1n) is 5.37. The van der Waals surface area contributed by atoms with Crippen molar-refractivity contribution >= 4 is 22.3 Å². The van der Waals surface area contributed by atoms with Crippen LogP contribution in [0.1, 0.15) is 17.3 Å². The average Bonchev–Trinajstić information content (AvgIpc) is 2.36. The van der Waals surface area contributed by atoms with Crippen LogP contribution < -0.4 is 0 Å². The molecule has 2 aromatic carbocycles. The smallest absolute Gasteiger partial charge is 0.252 e. The summed E-state index contributed by atoms with van der Waals surface area (Å²) in [4.78, 5) is 12.0. The summed E-state index contributed by atoms with van der Waals surface area (Å²) in [7, 11) is 1.33. The highest BCUT2D eigenvalue weighted by Crippen LogP contribution is 2.16. The minimum atomic E-state index is -0.228. The van der Waals surface area contributed by atoms with Crippen LogP contribution in [0.4, 0.5) is 0 Å². The number of hydroxylamine groups is 1. The zero-order valence-corrected chi connectivity index (χ0v) is 9.81. The fourth-order valence-corrected chi connectivity index (χ4v) is 1.68. The molecule has 3 nitrogen and oxygen atoms in total. The summed E-state index contributed by atoms with van der Waals surface area (Å²) in [6.45, 7) is 1.53. The Morgan fingerprint density at radius 2 is 1.76 bits per heavy atom. The van der Waals surface area contributed by atoms with Crippen molar-refractivity contribution in [1.82, 2.24) is 0 Å². The van der Waals surface area contributed by atoms with E-state index in [1.807, 2.05) is 36.4 Å². The van der Waals surface area contributed by atoms with Gasteiger partial charge in [0.25, 0.3) is 5.78 Å². The Kier molecular flexibility index (Phi) is 2.91. The predicted octanol–water partition coefficient (Wildman–Crippen LogP) is 2.62. The lowest BCUT2D eigenvalue weighted by Crippen LogP contribution is -2.19. The van der Waals surface area contributed by atoms with Crippen molar-refractivity contribution in [2.24, 2.45) is 0 Å². The second-order valence-corrected chi connectivity index (χ2v) is 3.97. The number of hydrogen-bond donors (Lipinski definition) is 0. The summed E-state index contributed by atoms with van der Waals surface area (Å²) >= 11 is 0. The number of carbonyl (C=O) groups is 1. The monoisotopic (exact) mass is 227 g/mol. The highest BCUT2D eigenvalue weighted by atomic mass is 16.5. The molecule has 0 heterocycles. The first-order valence-corrected chi connectivity index (χ1v) is 5.37. The lowest BCUT2D eigenvalue weighted by molar-refractivity contribution is -0.421. The molecule has 2 rings (SSSR count). The average molecular weight is 227 g/mol. The fraction of sp³-hybridized carbons (Fsp3) is 0.143. The highest BCUT2D eigenvalue weighted by molar-refractivity contribution is 6.43. The van der Waals surface area contributed by atoms with Crippen LogP contribution in [-0.4, -0.2) is 23.3 Å². The van der Waals surface area contributed by atoms with Gasteiger partial charge >= 0.3 is 0 Å². The molecular weight excluding hydrogens is 214 g/mol. The zero-order chi connectivity index (χ0) is 12.4. The zero-order valence-electron chi connectivity index (χ0n) is 9.81. The van der Waals surface area contributed by atoms with Crippen molar-refractivity contribution in [2.45, 2.75) is 6.92 Å². The summed E-state index contributed by atoms with van der Waals surface area (Å²) < 4.78 is 0.595. The Bertz CT molecular complexity index is 610. The SMILES string of the molecule is C/C(C(=O)c1ccc2ccccc2c1)=[N+](/C)[O-]. The maximum atomic E-state index is 12.0. The van der Waals surface area contributed by atoms with Gasteiger partial charge in [-0.1, -0.05) is 36.4 Å². The second kappa shape index (κ2) is 4.37. The summed E-state index contributed by atoms with van der Waals surface area (Å²) in [5, 5.41) is 13.2. The van der Waals surface area contributed by atoms with Gasteiger partial charge < -0.3 is 5.21 Å². The number of hydrogen-bond acceptors (Lipinski definition) is 2. The van der Waals surface area contributed by atoms with E-state index >= 15 is 0 Å². The molecule has 0 aromatic heterocycles. The van der Waals surface area contributed by atoms with Gasteiger partial charge in [0.1, 0.15) is 7.05 Å². The van der Waals surface area contributed by atoms with Crippen molar-refractivity contribution in [3.63, 3.8) is 0 Å². The van der Waals surface area contributed by atoms with Crippen molar-refractivity contribution in [2.75, 3.05) is 7.05 Å². The third-order valence-electron chi connectivity index (χ3n) is 2.81. The molecule has 0 bridgehead atoms. The molecule has 0 fully saturated rings. The lowest BCUT2D eigenvalue weighted by Gasteiger charge is -2.03. The van der Waals surface area contributed by atoms with Gasteiger partial charge in [0, 0.05) is 12.5 Å². The molecule has 2 aromatic rings. The molecule has 0 aliphatic rings. The molecule has 17 heavy (non-hydrogen) atoms. The minimum Gasteiger partial charge on any atom is -0.624 e. The molecule has 0 atom stereocenters. The maximum absolute atomic E-state index is 12.0. The van der Waals surface area contributed by atoms with E-state index in [2.05, 4.69) is 0 Å². The van der Waals surface area contributed by atoms with Gasteiger partial charge in [-0.15, -0.1) is 0 Å². The van der Waals surface area contributed by atoms with E-state index in [9.17, 15) is 10.0 Å². The third-order valence-corrected chi connectivity index (χ3v) is 2.81. The van der Waals surface area contributed by atoms with Crippen LogP contribution >= 0.6 is 0 Å². The third kappa shape index (κ3) is 2.18. The molecular formula is C14H13NO2. The molecule has 86 valence electrons. The van der Waals surface area contributed by atoms with E-state index in [0.29, 0.717) is 10.3 Å². The largest absolute Gasteiger partial charge is 0.624 e. The first kappa shape index (κ1) is 11.3. The van der Waals surface area contributed by atoms with E-state index in [-0.39, 0.29) is 11.5 Å². The molecule has 3 heteroatoms. The fourth-order valence-electron chi connectivity index (χ4n) is 1.68. The number of Topliss-reactive ketones (excluding diaryl/α,β-unsaturated/α-hetero) is 1. The van der Waals surface area contributed by atoms with Gasteiger partial charge in [-0.2, -0.15) is 0 Å². The number of rotatable bonds is 2. The van der Waals surface area contributed by atoms with E-state index < -0.39 is 0 Å². The van der Waals surface area contributed by atoms with Crippen LogP contribution in [0.3, 0.4) is 0 Å². The molecule has 0 unspecified atom stereocenters. The number of carbonyl (C=O) groups excluding carboxylic acids is 1. The van der Waals surface area contributed by atoms with E-state index in [1.165, 1.54) is 14.0 Å². The van der Waals surface area contributed by atoms with Crippen LogP contribution in [0.25, 0.3) is 10.8 Å². The second-order valence-electron chi connectivity index (χ2n) is 3.97. The summed E-state index contributed by atoms with van der Waals surface area (Å²) in [5.41, 5.74) is 0.740. The van der Waals surface area contributed by atoms with E-state index in [0.717, 1.165) is 10.8 Å². The van der Waals surface area contributed by atoms with Crippen molar-refractivity contribution < 1.29 is 9.53 Å². The molecule has 0 saturated heterocycles. The van der Waals surface area contributed by atoms with Crippen molar-refractivity contribution in [3.8, 4) is 0 Å². The first-order chi connectivity index (χ1) is 8.09. The summed E-state index contributed by atoms with van der Waals surface area (Å²) in [5.74, 6) is -0.228. The molecule has 0 aliphatic carbocycles. The van der Waals surface area contributed by atoms with E-state index in [1.54, 1.807) is 6.07 Å². The van der Waals surface area contributed by atoms with Crippen LogP contribution in [0.2, 0.25) is 0 Å². The molecule has 0 aliphatic heterocycles. The van der Waals surface area contributed by atoms with Crippen LogP contribution in [0.15, 0.2) is 42.5 Å². The van der Waals surface area contributed by atoms with Crippen molar-refractivity contribution in [1.29, 1.82) is 0 Å². The Morgan fingerprint density at radius 1 is 1.12 bits per heavy atom. The predicted molar refractivity (Wildman–Crippen MR) is 68.5 cm³/mol. The number of ketones is 1. The Hall–Kier alpha value is -2.16. The Morgan fingerprint density at radius 3 is 2.41 bits per heavy atom. The molecule has 0 amide bonds.